The first kappa shape index (κ1) is 13.8. The molecule has 0 aliphatic rings. The molecule has 0 saturated heterocycles. The molecular formula is C14H12FNO4. The number of aromatic amines is 1. The largest absolute Gasteiger partial charge is 0.507 e. The number of nitrogens with one attached hydrogen (secondary N) is 1. The normalized spacial score (nSPS) is 11.9. The van der Waals surface area contributed by atoms with Crippen molar-refractivity contribution >= 4 is 12.3 Å². The Hall–Kier alpha value is -2.63. The van der Waals surface area contributed by atoms with Gasteiger partial charge in [-0.3, -0.25) is 9.59 Å². The molecule has 1 heterocycles. The number of rotatable bonds is 5. The van der Waals surface area contributed by atoms with Gasteiger partial charge in [-0.25, -0.2) is 4.39 Å². The highest BCUT2D eigenvalue weighted by molar-refractivity contribution is 6.10. The number of hydrogen-bond acceptors (Lipinski definition) is 4. The van der Waals surface area contributed by atoms with Crippen LogP contribution in [0.1, 0.15) is 34.6 Å². The molecule has 2 N–H and O–H groups in total. The van der Waals surface area contributed by atoms with Gasteiger partial charge in [-0.15, -0.1) is 0 Å². The van der Waals surface area contributed by atoms with Gasteiger partial charge in [-0.2, -0.15) is 0 Å². The first-order valence-electron chi connectivity index (χ1n) is 5.83. The number of halogens is 1. The van der Waals surface area contributed by atoms with E-state index in [2.05, 4.69) is 4.98 Å². The molecule has 0 aliphatic carbocycles. The average Bonchev–Trinajstić information content (AvgIpc) is 2.91. The highest BCUT2D eigenvalue weighted by Crippen LogP contribution is 2.23. The summed E-state index contributed by atoms with van der Waals surface area (Å²) in [6.07, 6.45) is 0.877. The lowest BCUT2D eigenvalue weighted by Crippen LogP contribution is -2.01. The molecule has 0 amide bonds. The minimum absolute atomic E-state index is 0.125. The van der Waals surface area contributed by atoms with Crippen LogP contribution in [-0.4, -0.2) is 22.3 Å². The molecule has 1 aromatic carbocycles. The molecule has 0 bridgehead atoms. The third-order valence-electron chi connectivity index (χ3n) is 2.87. The van der Waals surface area contributed by atoms with Crippen molar-refractivity contribution in [1.29, 1.82) is 0 Å². The Bertz CT molecular complexity index is 650. The van der Waals surface area contributed by atoms with Gasteiger partial charge in [0.25, 0.3) is 6.47 Å². The standard InChI is InChI=1S/C14H12FNO4/c1-8(20-7-17)12-4-9(6-16-12)14(19)11-5-10(15)2-3-13(11)18/h2-8,16,18H,1H3. The van der Waals surface area contributed by atoms with Gasteiger partial charge in [-0.05, 0) is 31.2 Å². The Morgan fingerprint density at radius 1 is 1.45 bits per heavy atom. The van der Waals surface area contributed by atoms with Crippen LogP contribution in [0.3, 0.4) is 0 Å². The van der Waals surface area contributed by atoms with Crippen molar-refractivity contribution in [3.8, 4) is 5.75 Å². The smallest absolute Gasteiger partial charge is 0.293 e. The van der Waals surface area contributed by atoms with E-state index in [1.807, 2.05) is 0 Å². The van der Waals surface area contributed by atoms with Crippen LogP contribution < -0.4 is 0 Å². The molecule has 104 valence electrons. The van der Waals surface area contributed by atoms with Gasteiger partial charge in [0.2, 0.25) is 0 Å². The molecule has 0 radical (unpaired) electrons. The summed E-state index contributed by atoms with van der Waals surface area (Å²) in [5, 5.41) is 9.60. The molecule has 2 rings (SSSR count). The number of ether oxygens (including phenoxy) is 1. The Morgan fingerprint density at radius 3 is 2.90 bits per heavy atom. The first-order chi connectivity index (χ1) is 9.52. The summed E-state index contributed by atoms with van der Waals surface area (Å²) in [5.41, 5.74) is 0.637. The summed E-state index contributed by atoms with van der Waals surface area (Å²) in [7, 11) is 0. The van der Waals surface area contributed by atoms with E-state index < -0.39 is 17.7 Å². The van der Waals surface area contributed by atoms with Crippen LogP contribution in [0.4, 0.5) is 4.39 Å². The van der Waals surface area contributed by atoms with Gasteiger partial charge >= 0.3 is 0 Å². The SMILES string of the molecule is CC(OC=O)c1cc(C(=O)c2cc(F)ccc2O)c[nH]1. The minimum Gasteiger partial charge on any atom is -0.507 e. The van der Waals surface area contributed by atoms with E-state index in [1.165, 1.54) is 12.3 Å². The van der Waals surface area contributed by atoms with Crippen molar-refractivity contribution < 1.29 is 23.8 Å². The second-order valence-electron chi connectivity index (χ2n) is 4.21. The number of phenols is 1. The summed E-state index contributed by atoms with van der Waals surface area (Å²) in [4.78, 5) is 25.2. The van der Waals surface area contributed by atoms with Crippen LogP contribution in [0.5, 0.6) is 5.75 Å². The number of H-pyrrole nitrogens is 1. The molecule has 5 nitrogen and oxygen atoms in total. The van der Waals surface area contributed by atoms with Crippen LogP contribution >= 0.6 is 0 Å². The zero-order valence-electron chi connectivity index (χ0n) is 10.6. The fourth-order valence-corrected chi connectivity index (χ4v) is 1.78. The molecule has 1 unspecified atom stereocenters. The van der Waals surface area contributed by atoms with E-state index in [4.69, 9.17) is 4.74 Å². The maximum atomic E-state index is 13.1. The number of aromatic nitrogens is 1. The molecule has 20 heavy (non-hydrogen) atoms. The Morgan fingerprint density at radius 2 is 2.20 bits per heavy atom. The van der Waals surface area contributed by atoms with Gasteiger partial charge in [0, 0.05) is 11.8 Å². The number of aromatic hydroxyl groups is 1. The number of ketones is 1. The summed E-state index contributed by atoms with van der Waals surface area (Å²) in [6, 6.07) is 4.64. The minimum atomic E-state index is -0.612. The van der Waals surface area contributed by atoms with Crippen LogP contribution in [-0.2, 0) is 9.53 Å². The fraction of sp³-hybridized carbons (Fsp3) is 0.143. The number of benzene rings is 1. The molecule has 0 fully saturated rings. The molecule has 0 spiro atoms. The Balaban J connectivity index is 2.30. The maximum absolute atomic E-state index is 13.1. The highest BCUT2D eigenvalue weighted by atomic mass is 19.1. The van der Waals surface area contributed by atoms with Crippen molar-refractivity contribution in [2.75, 3.05) is 0 Å². The molecule has 6 heteroatoms. The third-order valence-corrected chi connectivity index (χ3v) is 2.87. The van der Waals surface area contributed by atoms with Crippen LogP contribution in [0.25, 0.3) is 0 Å². The predicted molar refractivity (Wildman–Crippen MR) is 67.9 cm³/mol. The van der Waals surface area contributed by atoms with Crippen LogP contribution in [0.2, 0.25) is 0 Å². The van der Waals surface area contributed by atoms with E-state index in [1.54, 1.807) is 6.92 Å². The van der Waals surface area contributed by atoms with Gasteiger partial charge in [0.05, 0.1) is 11.3 Å². The second kappa shape index (κ2) is 5.56. The number of hydrogen-bond donors (Lipinski definition) is 2. The lowest BCUT2D eigenvalue weighted by Gasteiger charge is -2.05. The van der Waals surface area contributed by atoms with Gasteiger partial charge in [0.15, 0.2) is 5.78 Å². The van der Waals surface area contributed by atoms with E-state index in [0.29, 0.717) is 12.2 Å². The summed E-state index contributed by atoms with van der Waals surface area (Å²) in [6.45, 7) is 1.94. The van der Waals surface area contributed by atoms with Gasteiger partial charge in [0.1, 0.15) is 17.7 Å². The van der Waals surface area contributed by atoms with Gasteiger partial charge in [-0.1, -0.05) is 0 Å². The van der Waals surface area contributed by atoms with Crippen molar-refractivity contribution in [2.24, 2.45) is 0 Å². The van der Waals surface area contributed by atoms with Crippen molar-refractivity contribution in [3.05, 3.63) is 53.1 Å². The molecule has 0 aliphatic heterocycles. The highest BCUT2D eigenvalue weighted by Gasteiger charge is 2.17. The molecular weight excluding hydrogens is 265 g/mol. The summed E-state index contributed by atoms with van der Waals surface area (Å²) < 4.78 is 17.9. The quantitative estimate of drug-likeness (QED) is 0.649. The number of phenolic OH excluding ortho intramolecular Hbond substituents is 1. The topological polar surface area (TPSA) is 79.4 Å². The number of carbonyl (C=O) groups is 2. The molecule has 1 atom stereocenters. The second-order valence-corrected chi connectivity index (χ2v) is 4.21. The first-order valence-corrected chi connectivity index (χ1v) is 5.83. The van der Waals surface area contributed by atoms with E-state index in [0.717, 1.165) is 18.2 Å². The third kappa shape index (κ3) is 2.69. The fourth-order valence-electron chi connectivity index (χ4n) is 1.78. The molecule has 0 saturated carbocycles. The zero-order valence-corrected chi connectivity index (χ0v) is 10.6. The molecule has 1 aromatic heterocycles. The van der Waals surface area contributed by atoms with Crippen LogP contribution in [0.15, 0.2) is 30.5 Å². The van der Waals surface area contributed by atoms with Crippen molar-refractivity contribution in [1.82, 2.24) is 4.98 Å². The summed E-state index contributed by atoms with van der Waals surface area (Å²) in [5.74, 6) is -1.43. The van der Waals surface area contributed by atoms with Gasteiger partial charge < -0.3 is 14.8 Å². The lowest BCUT2D eigenvalue weighted by atomic mass is 10.0. The van der Waals surface area contributed by atoms with Crippen LogP contribution in [0, 0.1) is 5.82 Å². The Kier molecular flexibility index (Phi) is 3.84. The van der Waals surface area contributed by atoms with Crippen molar-refractivity contribution in [2.45, 2.75) is 13.0 Å². The maximum Gasteiger partial charge on any atom is 0.293 e. The van der Waals surface area contributed by atoms with E-state index in [9.17, 15) is 19.1 Å². The number of carbonyl (C=O) groups excluding carboxylic acids is 2. The average molecular weight is 277 g/mol. The molecule has 2 aromatic rings. The lowest BCUT2D eigenvalue weighted by molar-refractivity contribution is -0.133. The summed E-state index contributed by atoms with van der Waals surface area (Å²) >= 11 is 0. The van der Waals surface area contributed by atoms with E-state index in [-0.39, 0.29) is 16.9 Å². The zero-order chi connectivity index (χ0) is 14.7. The monoisotopic (exact) mass is 277 g/mol. The Labute approximate surface area is 114 Å². The predicted octanol–water partition coefficient (Wildman–Crippen LogP) is 2.32. The van der Waals surface area contributed by atoms with Crippen molar-refractivity contribution in [3.63, 3.8) is 0 Å². The van der Waals surface area contributed by atoms with E-state index >= 15 is 0 Å².